The highest BCUT2D eigenvalue weighted by Crippen LogP contribution is 2.33. The lowest BCUT2D eigenvalue weighted by Gasteiger charge is -2.18. The summed E-state index contributed by atoms with van der Waals surface area (Å²) in [5.41, 5.74) is 3.97. The van der Waals surface area contributed by atoms with Crippen LogP contribution in [0.2, 0.25) is 0 Å². The molecule has 3 aromatic heterocycles. The van der Waals surface area contributed by atoms with Crippen molar-refractivity contribution in [1.82, 2.24) is 30.3 Å². The average Bonchev–Trinajstić information content (AvgIpc) is 3.34. The molecule has 0 radical (unpaired) electrons. The molecular formula is C18H22N6O2. The van der Waals surface area contributed by atoms with Gasteiger partial charge in [0.25, 0.3) is 5.91 Å². The summed E-state index contributed by atoms with van der Waals surface area (Å²) in [6, 6.07) is 1.88. The van der Waals surface area contributed by atoms with Gasteiger partial charge >= 0.3 is 0 Å². The summed E-state index contributed by atoms with van der Waals surface area (Å²) < 4.78 is 7.55. The Morgan fingerprint density at radius 1 is 1.42 bits per heavy atom. The van der Waals surface area contributed by atoms with Gasteiger partial charge < -0.3 is 10.1 Å². The number of carbonyl (C=O) groups is 1. The highest BCUT2D eigenvalue weighted by atomic mass is 16.5. The van der Waals surface area contributed by atoms with Gasteiger partial charge in [-0.3, -0.25) is 14.6 Å². The van der Waals surface area contributed by atoms with E-state index in [1.54, 1.807) is 10.9 Å². The van der Waals surface area contributed by atoms with Crippen LogP contribution >= 0.6 is 0 Å². The molecule has 4 heterocycles. The van der Waals surface area contributed by atoms with Crippen LogP contribution in [-0.4, -0.2) is 44.0 Å². The molecule has 0 bridgehead atoms. The van der Waals surface area contributed by atoms with Gasteiger partial charge in [0.05, 0.1) is 29.3 Å². The van der Waals surface area contributed by atoms with Gasteiger partial charge in [-0.1, -0.05) is 0 Å². The van der Waals surface area contributed by atoms with Crippen LogP contribution < -0.4 is 5.32 Å². The van der Waals surface area contributed by atoms with Crippen molar-refractivity contribution in [3.8, 4) is 0 Å². The number of H-pyrrole nitrogens is 1. The monoisotopic (exact) mass is 354 g/mol. The maximum atomic E-state index is 12.7. The molecule has 4 rings (SSSR count). The fourth-order valence-electron chi connectivity index (χ4n) is 3.61. The van der Waals surface area contributed by atoms with Crippen molar-refractivity contribution in [3.63, 3.8) is 0 Å². The minimum Gasteiger partial charge on any atom is -0.373 e. The van der Waals surface area contributed by atoms with E-state index in [1.807, 2.05) is 33.2 Å². The molecule has 2 atom stereocenters. The number of carbonyl (C=O) groups excluding carboxylic acids is 1. The van der Waals surface area contributed by atoms with Gasteiger partial charge in [0.2, 0.25) is 0 Å². The predicted molar refractivity (Wildman–Crippen MR) is 95.7 cm³/mol. The Morgan fingerprint density at radius 3 is 3.04 bits per heavy atom. The lowest BCUT2D eigenvalue weighted by Crippen LogP contribution is -2.31. The lowest BCUT2D eigenvalue weighted by molar-refractivity contribution is 0.0846. The van der Waals surface area contributed by atoms with E-state index >= 15 is 0 Å². The Hall–Kier alpha value is -2.74. The molecule has 1 saturated heterocycles. The summed E-state index contributed by atoms with van der Waals surface area (Å²) in [5, 5.41) is 15.1. The van der Waals surface area contributed by atoms with Crippen molar-refractivity contribution in [2.75, 3.05) is 13.2 Å². The Balaban J connectivity index is 1.51. The van der Waals surface area contributed by atoms with Gasteiger partial charge in [0.1, 0.15) is 0 Å². The van der Waals surface area contributed by atoms with Crippen LogP contribution in [0.1, 0.15) is 39.8 Å². The number of amides is 1. The molecule has 0 aromatic carbocycles. The Labute approximate surface area is 150 Å². The van der Waals surface area contributed by atoms with Crippen molar-refractivity contribution in [1.29, 1.82) is 0 Å². The number of hydrogen-bond acceptors (Lipinski definition) is 5. The van der Waals surface area contributed by atoms with Gasteiger partial charge in [-0.05, 0) is 26.3 Å². The van der Waals surface area contributed by atoms with Crippen molar-refractivity contribution >= 4 is 16.9 Å². The largest absolute Gasteiger partial charge is 0.373 e. The molecule has 0 aliphatic carbocycles. The summed E-state index contributed by atoms with van der Waals surface area (Å²) in [7, 11) is 1.86. The van der Waals surface area contributed by atoms with Crippen molar-refractivity contribution in [2.24, 2.45) is 13.0 Å². The van der Waals surface area contributed by atoms with Crippen molar-refractivity contribution < 1.29 is 9.53 Å². The molecule has 1 aliphatic heterocycles. The normalized spacial score (nSPS) is 20.0. The van der Waals surface area contributed by atoms with Crippen LogP contribution in [0.15, 0.2) is 18.5 Å². The first-order chi connectivity index (χ1) is 12.5. The van der Waals surface area contributed by atoms with Crippen LogP contribution in [0.3, 0.4) is 0 Å². The summed E-state index contributed by atoms with van der Waals surface area (Å²) in [4.78, 5) is 17.3. The Kier molecular flexibility index (Phi) is 4.20. The van der Waals surface area contributed by atoms with Crippen LogP contribution in [-0.2, 0) is 11.8 Å². The zero-order chi connectivity index (χ0) is 18.3. The fraction of sp³-hybridized carbons (Fsp3) is 0.444. The topological polar surface area (TPSA) is 97.7 Å². The van der Waals surface area contributed by atoms with E-state index in [4.69, 9.17) is 4.74 Å². The summed E-state index contributed by atoms with van der Waals surface area (Å²) in [6.07, 6.45) is 4.50. The third-order valence-corrected chi connectivity index (χ3v) is 5.02. The number of nitrogens with zero attached hydrogens (tertiary/aromatic N) is 4. The van der Waals surface area contributed by atoms with Gasteiger partial charge in [-0.15, -0.1) is 0 Å². The molecule has 8 heteroatoms. The number of hydrogen-bond donors (Lipinski definition) is 2. The third kappa shape index (κ3) is 2.86. The minimum absolute atomic E-state index is 0.0312. The number of pyridine rings is 1. The molecule has 1 fully saturated rings. The van der Waals surface area contributed by atoms with Crippen molar-refractivity contribution in [2.45, 2.75) is 26.4 Å². The summed E-state index contributed by atoms with van der Waals surface area (Å²) in [5.74, 6) is 0.117. The number of aromatic nitrogens is 5. The molecule has 1 aliphatic rings. The summed E-state index contributed by atoms with van der Waals surface area (Å²) in [6.45, 7) is 5.02. The molecule has 0 spiro atoms. The van der Waals surface area contributed by atoms with E-state index in [1.165, 1.54) is 0 Å². The maximum Gasteiger partial charge on any atom is 0.253 e. The first kappa shape index (κ1) is 16.7. The van der Waals surface area contributed by atoms with E-state index in [0.717, 1.165) is 28.7 Å². The quantitative estimate of drug-likeness (QED) is 0.745. The number of nitrogens with one attached hydrogen (secondary N) is 2. The Morgan fingerprint density at radius 2 is 2.27 bits per heavy atom. The van der Waals surface area contributed by atoms with Gasteiger partial charge in [0, 0.05) is 43.3 Å². The lowest BCUT2D eigenvalue weighted by atomic mass is 9.97. The van der Waals surface area contributed by atoms with Gasteiger partial charge in [-0.2, -0.15) is 10.2 Å². The standard InChI is InChI=1S/C18H22N6O2/c1-10-15(6-14-11(2)23-24(3)17(14)22-10)18(25)19-7-12-4-5-26-16(12)13-8-20-21-9-13/h6,8-9,12,16H,4-5,7H2,1-3H3,(H,19,25)(H,20,21)/t12-,16+/m1/s1. The van der Waals surface area contributed by atoms with Crippen molar-refractivity contribution in [3.05, 3.63) is 41.0 Å². The fourth-order valence-corrected chi connectivity index (χ4v) is 3.61. The predicted octanol–water partition coefficient (Wildman–Crippen LogP) is 1.82. The third-order valence-electron chi connectivity index (χ3n) is 5.02. The SMILES string of the molecule is Cc1nc2c(cc1C(=O)NC[C@H]1CCO[C@@H]1c1cn[nH]c1)c(C)nn2C. The molecule has 2 N–H and O–H groups in total. The highest BCUT2D eigenvalue weighted by molar-refractivity contribution is 5.98. The minimum atomic E-state index is -0.113. The molecule has 1 amide bonds. The molecule has 136 valence electrons. The molecular weight excluding hydrogens is 332 g/mol. The zero-order valence-corrected chi connectivity index (χ0v) is 15.1. The van der Waals surface area contributed by atoms with Crippen LogP contribution in [0.25, 0.3) is 11.0 Å². The van der Waals surface area contributed by atoms with Crippen LogP contribution in [0.5, 0.6) is 0 Å². The number of fused-ring (bicyclic) bond motifs is 1. The first-order valence-electron chi connectivity index (χ1n) is 8.74. The smallest absolute Gasteiger partial charge is 0.253 e. The van der Waals surface area contributed by atoms with Gasteiger partial charge in [-0.25, -0.2) is 4.98 Å². The second kappa shape index (κ2) is 6.53. The molecule has 0 unspecified atom stereocenters. The zero-order valence-electron chi connectivity index (χ0n) is 15.1. The first-order valence-corrected chi connectivity index (χ1v) is 8.74. The van der Waals surface area contributed by atoms with E-state index in [0.29, 0.717) is 24.4 Å². The maximum absolute atomic E-state index is 12.7. The number of rotatable bonds is 4. The second-order valence-electron chi connectivity index (χ2n) is 6.78. The second-order valence-corrected chi connectivity index (χ2v) is 6.78. The molecule has 26 heavy (non-hydrogen) atoms. The van der Waals surface area contributed by atoms with E-state index in [9.17, 15) is 4.79 Å². The van der Waals surface area contributed by atoms with E-state index in [-0.39, 0.29) is 17.9 Å². The van der Waals surface area contributed by atoms with Crippen LogP contribution in [0.4, 0.5) is 0 Å². The van der Waals surface area contributed by atoms with E-state index in [2.05, 4.69) is 25.6 Å². The molecule has 3 aromatic rings. The number of aryl methyl sites for hydroxylation is 3. The van der Waals surface area contributed by atoms with Gasteiger partial charge in [0.15, 0.2) is 5.65 Å². The van der Waals surface area contributed by atoms with E-state index < -0.39 is 0 Å². The molecule has 8 nitrogen and oxygen atoms in total. The average molecular weight is 354 g/mol. The highest BCUT2D eigenvalue weighted by Gasteiger charge is 2.30. The Bertz CT molecular complexity index is 946. The van der Waals surface area contributed by atoms with Crippen LogP contribution in [0, 0.1) is 19.8 Å². The summed E-state index contributed by atoms with van der Waals surface area (Å²) >= 11 is 0. The number of aromatic amines is 1. The molecule has 0 saturated carbocycles. The number of ether oxygens (including phenoxy) is 1.